The summed E-state index contributed by atoms with van der Waals surface area (Å²) in [5.74, 6) is -0.228. The largest absolute Gasteiger partial charge is 0.350 e. The Hall–Kier alpha value is -1.77. The molecular formula is C16H21N3O3S2. The quantitative estimate of drug-likeness (QED) is 0.821. The molecule has 0 saturated heterocycles. The van der Waals surface area contributed by atoms with Crippen LogP contribution in [-0.4, -0.2) is 25.4 Å². The first kappa shape index (κ1) is 18.6. The van der Waals surface area contributed by atoms with Gasteiger partial charge in [0.2, 0.25) is 10.0 Å². The highest BCUT2D eigenvalue weighted by Gasteiger charge is 2.20. The lowest BCUT2D eigenvalue weighted by molar-refractivity contribution is 0.0943. The molecule has 1 aromatic carbocycles. The maximum Gasteiger partial charge on any atom is 0.251 e. The van der Waals surface area contributed by atoms with Gasteiger partial charge in [0.1, 0.15) is 5.01 Å². The maximum atomic E-state index is 12.4. The summed E-state index contributed by atoms with van der Waals surface area (Å²) >= 11 is 1.41. The number of hydrogen-bond acceptors (Lipinski definition) is 5. The summed E-state index contributed by atoms with van der Waals surface area (Å²) in [6, 6.07) is 5.46. The van der Waals surface area contributed by atoms with Crippen molar-refractivity contribution in [2.24, 2.45) is 0 Å². The first-order valence-electron chi connectivity index (χ1n) is 7.54. The van der Waals surface area contributed by atoms with E-state index < -0.39 is 16.1 Å². The van der Waals surface area contributed by atoms with Gasteiger partial charge in [-0.2, -0.15) is 0 Å². The summed E-state index contributed by atoms with van der Waals surface area (Å²) in [6.07, 6.45) is 0. The zero-order valence-electron chi connectivity index (χ0n) is 14.0. The highest BCUT2D eigenvalue weighted by atomic mass is 32.2. The minimum Gasteiger partial charge on any atom is -0.350 e. The van der Waals surface area contributed by atoms with Crippen LogP contribution in [0.5, 0.6) is 0 Å². The van der Waals surface area contributed by atoms with E-state index >= 15 is 0 Å². The average molecular weight is 367 g/mol. The minimum atomic E-state index is -3.68. The van der Waals surface area contributed by atoms with Gasteiger partial charge < -0.3 is 5.32 Å². The van der Waals surface area contributed by atoms with Crippen LogP contribution in [0.1, 0.15) is 47.9 Å². The van der Waals surface area contributed by atoms with E-state index in [2.05, 4.69) is 15.0 Å². The fraction of sp³-hybridized carbons (Fsp3) is 0.375. The van der Waals surface area contributed by atoms with Crippen LogP contribution in [0.4, 0.5) is 0 Å². The maximum absolute atomic E-state index is 12.4. The number of nitrogens with one attached hydrogen (secondary N) is 2. The molecule has 0 aliphatic carbocycles. The van der Waals surface area contributed by atoms with Gasteiger partial charge in [0.05, 0.1) is 10.9 Å². The van der Waals surface area contributed by atoms with Crippen molar-refractivity contribution in [3.8, 4) is 0 Å². The number of rotatable bonds is 6. The number of sulfonamides is 1. The van der Waals surface area contributed by atoms with Crippen LogP contribution < -0.4 is 10.0 Å². The predicted molar refractivity (Wildman–Crippen MR) is 94.6 cm³/mol. The number of benzene rings is 1. The van der Waals surface area contributed by atoms with Crippen molar-refractivity contribution in [2.45, 2.75) is 44.7 Å². The van der Waals surface area contributed by atoms with E-state index in [1.54, 1.807) is 6.92 Å². The predicted octanol–water partition coefficient (Wildman–Crippen LogP) is 2.63. The van der Waals surface area contributed by atoms with E-state index in [0.29, 0.717) is 10.6 Å². The highest BCUT2D eigenvalue weighted by molar-refractivity contribution is 7.89. The van der Waals surface area contributed by atoms with Crippen molar-refractivity contribution >= 4 is 27.3 Å². The van der Waals surface area contributed by atoms with Crippen LogP contribution in [-0.2, 0) is 10.0 Å². The van der Waals surface area contributed by atoms with Crippen molar-refractivity contribution in [1.82, 2.24) is 15.0 Å². The second kappa shape index (κ2) is 7.42. The number of carbonyl (C=O) groups is 1. The minimum absolute atomic E-state index is 0.0187. The molecule has 130 valence electrons. The van der Waals surface area contributed by atoms with Gasteiger partial charge in [0.15, 0.2) is 0 Å². The summed E-state index contributed by atoms with van der Waals surface area (Å²) in [5, 5.41) is 5.35. The van der Waals surface area contributed by atoms with E-state index in [-0.39, 0.29) is 16.8 Å². The molecule has 0 saturated carbocycles. The molecule has 1 heterocycles. The van der Waals surface area contributed by atoms with Gasteiger partial charge in [-0.1, -0.05) is 0 Å². The highest BCUT2D eigenvalue weighted by Crippen LogP contribution is 2.20. The van der Waals surface area contributed by atoms with Crippen LogP contribution in [0.15, 0.2) is 34.5 Å². The van der Waals surface area contributed by atoms with E-state index in [4.69, 9.17) is 0 Å². The lowest BCUT2D eigenvalue weighted by Gasteiger charge is -2.13. The molecule has 1 atom stereocenters. The monoisotopic (exact) mass is 367 g/mol. The molecule has 2 N–H and O–H groups in total. The van der Waals surface area contributed by atoms with Gasteiger partial charge in [-0.3, -0.25) is 4.79 Å². The molecule has 0 bridgehead atoms. The van der Waals surface area contributed by atoms with Crippen LogP contribution in [0.3, 0.4) is 0 Å². The molecule has 8 heteroatoms. The van der Waals surface area contributed by atoms with Gasteiger partial charge in [-0.15, -0.1) is 11.3 Å². The Labute approximate surface area is 146 Å². The van der Waals surface area contributed by atoms with Crippen LogP contribution in [0.2, 0.25) is 0 Å². The van der Waals surface area contributed by atoms with Gasteiger partial charge in [-0.25, -0.2) is 18.1 Å². The molecule has 24 heavy (non-hydrogen) atoms. The number of hydrogen-bond donors (Lipinski definition) is 2. The Kier molecular flexibility index (Phi) is 5.74. The van der Waals surface area contributed by atoms with Crippen molar-refractivity contribution in [2.75, 3.05) is 0 Å². The van der Waals surface area contributed by atoms with E-state index in [0.717, 1.165) is 5.69 Å². The number of thiazole rings is 1. The number of aryl methyl sites for hydroxylation is 1. The van der Waals surface area contributed by atoms with Crippen LogP contribution in [0, 0.1) is 6.92 Å². The summed E-state index contributed by atoms with van der Waals surface area (Å²) in [5.41, 5.74) is 1.29. The molecule has 2 rings (SSSR count). The SMILES string of the molecule is Cc1csc([C@H](C)NS(=O)(=O)c2ccc(C(=O)NC(C)C)cc2)n1. The first-order valence-corrected chi connectivity index (χ1v) is 9.90. The second-order valence-corrected chi connectivity index (χ2v) is 8.43. The lowest BCUT2D eigenvalue weighted by Crippen LogP contribution is -2.30. The molecule has 1 amide bonds. The molecule has 0 fully saturated rings. The van der Waals surface area contributed by atoms with Gasteiger partial charge in [-0.05, 0) is 52.0 Å². The van der Waals surface area contributed by atoms with Crippen molar-refractivity contribution in [1.29, 1.82) is 0 Å². The number of carbonyl (C=O) groups excluding carboxylic acids is 1. The molecular weight excluding hydrogens is 346 g/mol. The van der Waals surface area contributed by atoms with E-state index in [1.807, 2.05) is 26.2 Å². The Balaban J connectivity index is 2.13. The fourth-order valence-electron chi connectivity index (χ4n) is 2.05. The van der Waals surface area contributed by atoms with Gasteiger partial charge >= 0.3 is 0 Å². The summed E-state index contributed by atoms with van der Waals surface area (Å²) in [6.45, 7) is 7.34. The normalized spacial score (nSPS) is 13.0. The molecule has 0 radical (unpaired) electrons. The fourth-order valence-corrected chi connectivity index (χ4v) is 4.14. The van der Waals surface area contributed by atoms with Crippen molar-refractivity contribution in [3.05, 3.63) is 45.9 Å². The zero-order chi connectivity index (χ0) is 17.9. The third-order valence-electron chi connectivity index (χ3n) is 3.19. The van der Waals surface area contributed by atoms with Crippen LogP contribution in [0.25, 0.3) is 0 Å². The number of nitrogens with zero attached hydrogens (tertiary/aromatic N) is 1. The van der Waals surface area contributed by atoms with Crippen LogP contribution >= 0.6 is 11.3 Å². The molecule has 0 spiro atoms. The smallest absolute Gasteiger partial charge is 0.251 e. The molecule has 0 unspecified atom stereocenters. The number of aromatic nitrogens is 1. The zero-order valence-corrected chi connectivity index (χ0v) is 15.7. The molecule has 6 nitrogen and oxygen atoms in total. The molecule has 1 aromatic heterocycles. The standard InChI is InChI=1S/C16H21N3O3S2/c1-10(2)17-15(20)13-5-7-14(8-6-13)24(21,22)19-12(4)16-18-11(3)9-23-16/h5-10,12,19H,1-4H3,(H,17,20)/t12-/m0/s1. The van der Waals surface area contributed by atoms with Crippen molar-refractivity contribution < 1.29 is 13.2 Å². The molecule has 0 aliphatic rings. The van der Waals surface area contributed by atoms with Crippen molar-refractivity contribution in [3.63, 3.8) is 0 Å². The number of amides is 1. The Bertz CT molecular complexity index is 811. The Morgan fingerprint density at radius 3 is 2.29 bits per heavy atom. The topological polar surface area (TPSA) is 88.2 Å². The van der Waals surface area contributed by atoms with E-state index in [1.165, 1.54) is 35.6 Å². The van der Waals surface area contributed by atoms with Gasteiger partial charge in [0.25, 0.3) is 5.91 Å². The molecule has 2 aromatic rings. The second-order valence-electron chi connectivity index (χ2n) is 5.82. The lowest BCUT2D eigenvalue weighted by atomic mass is 10.2. The Morgan fingerprint density at radius 2 is 1.79 bits per heavy atom. The van der Waals surface area contributed by atoms with E-state index in [9.17, 15) is 13.2 Å². The Morgan fingerprint density at radius 1 is 1.17 bits per heavy atom. The molecule has 0 aliphatic heterocycles. The average Bonchev–Trinajstić information content (AvgIpc) is 2.93. The summed E-state index contributed by atoms with van der Waals surface area (Å²) < 4.78 is 27.5. The third kappa shape index (κ3) is 4.62. The van der Waals surface area contributed by atoms with Gasteiger partial charge in [0, 0.05) is 22.7 Å². The summed E-state index contributed by atoms with van der Waals surface area (Å²) in [4.78, 5) is 16.3. The first-order chi connectivity index (χ1) is 11.2. The summed E-state index contributed by atoms with van der Waals surface area (Å²) in [7, 11) is -3.68. The third-order valence-corrected chi connectivity index (χ3v) is 5.89.